The van der Waals surface area contributed by atoms with Gasteiger partial charge in [-0.1, -0.05) is 23.3 Å². The van der Waals surface area contributed by atoms with E-state index in [2.05, 4.69) is 35.8 Å². The van der Waals surface area contributed by atoms with Crippen molar-refractivity contribution >= 4 is 28.2 Å². The first-order valence-corrected chi connectivity index (χ1v) is 9.27. The third-order valence-electron chi connectivity index (χ3n) is 4.77. The van der Waals surface area contributed by atoms with E-state index in [0.717, 1.165) is 42.8 Å². The van der Waals surface area contributed by atoms with E-state index >= 15 is 0 Å². The molecular weight excluding hydrogens is 372 g/mol. The number of pyridine rings is 1. The average molecular weight is 390 g/mol. The molecule has 0 saturated carbocycles. The molecule has 4 aromatic rings. The summed E-state index contributed by atoms with van der Waals surface area (Å²) in [5, 5.41) is 19.2. The number of rotatable bonds is 4. The number of para-hydroxylation sites is 1. The second-order valence-corrected chi connectivity index (χ2v) is 6.59. The Labute approximate surface area is 165 Å². The van der Waals surface area contributed by atoms with Gasteiger partial charge in [-0.15, -0.1) is 5.10 Å². The summed E-state index contributed by atoms with van der Waals surface area (Å²) in [5.74, 6) is -0.640. The quantitative estimate of drug-likeness (QED) is 0.538. The molecule has 0 radical (unpaired) electrons. The van der Waals surface area contributed by atoms with Crippen LogP contribution in [-0.4, -0.2) is 57.0 Å². The number of nitrogens with one attached hydrogen (secondary N) is 2. The summed E-state index contributed by atoms with van der Waals surface area (Å²) in [6.45, 7) is 3.48. The highest BCUT2D eigenvalue weighted by Gasteiger charge is 2.21. The van der Waals surface area contributed by atoms with Crippen LogP contribution < -0.4 is 15.5 Å². The molecule has 0 unspecified atom stereocenters. The van der Waals surface area contributed by atoms with Gasteiger partial charge in [-0.25, -0.2) is 0 Å². The Morgan fingerprint density at radius 2 is 1.97 bits per heavy atom. The number of carbonyl (C=O) groups is 1. The van der Waals surface area contributed by atoms with Gasteiger partial charge in [0.2, 0.25) is 0 Å². The topological polar surface area (TPSA) is 114 Å². The van der Waals surface area contributed by atoms with Gasteiger partial charge >= 0.3 is 17.8 Å². The standard InChI is InChI=1S/C19H18N8O2/c28-17(23-14-12-21-6-5-16(14)26-9-7-20-8-10-26)18-24-25-19(29-18)27-15-4-2-1-3-13(15)11-22-27/h1-6,11-12,20H,7-10H2,(H,23,28). The Kier molecular flexibility index (Phi) is 4.37. The summed E-state index contributed by atoms with van der Waals surface area (Å²) in [5.41, 5.74) is 2.33. The third kappa shape index (κ3) is 3.29. The van der Waals surface area contributed by atoms with Gasteiger partial charge in [-0.2, -0.15) is 9.78 Å². The molecule has 1 saturated heterocycles. The molecule has 1 aromatic carbocycles. The Bertz CT molecular complexity index is 1160. The van der Waals surface area contributed by atoms with Crippen molar-refractivity contribution in [3.05, 3.63) is 54.8 Å². The molecule has 2 N–H and O–H groups in total. The molecule has 0 aliphatic carbocycles. The highest BCUT2D eigenvalue weighted by Crippen LogP contribution is 2.25. The van der Waals surface area contributed by atoms with Gasteiger partial charge in [0.25, 0.3) is 0 Å². The summed E-state index contributed by atoms with van der Waals surface area (Å²) >= 11 is 0. The molecule has 0 atom stereocenters. The molecule has 10 nitrogen and oxygen atoms in total. The molecule has 146 valence electrons. The predicted octanol–water partition coefficient (Wildman–Crippen LogP) is 1.47. The summed E-state index contributed by atoms with van der Waals surface area (Å²) in [7, 11) is 0. The monoisotopic (exact) mass is 390 g/mol. The molecule has 1 amide bonds. The maximum absolute atomic E-state index is 12.7. The van der Waals surface area contributed by atoms with Crippen LogP contribution in [0.25, 0.3) is 16.9 Å². The van der Waals surface area contributed by atoms with E-state index in [-0.39, 0.29) is 11.9 Å². The molecule has 5 rings (SSSR count). The Morgan fingerprint density at radius 1 is 1.10 bits per heavy atom. The van der Waals surface area contributed by atoms with E-state index in [1.54, 1.807) is 18.6 Å². The van der Waals surface area contributed by atoms with Crippen LogP contribution in [0, 0.1) is 0 Å². The molecule has 0 bridgehead atoms. The molecule has 3 aromatic heterocycles. The van der Waals surface area contributed by atoms with Crippen molar-refractivity contribution in [3.63, 3.8) is 0 Å². The van der Waals surface area contributed by atoms with Gasteiger partial charge in [0.05, 0.1) is 29.3 Å². The maximum Gasteiger partial charge on any atom is 0.344 e. The van der Waals surface area contributed by atoms with Gasteiger partial charge in [-0.3, -0.25) is 9.78 Å². The average Bonchev–Trinajstić information content (AvgIpc) is 3.42. The van der Waals surface area contributed by atoms with E-state index < -0.39 is 5.91 Å². The fourth-order valence-corrected chi connectivity index (χ4v) is 3.36. The second kappa shape index (κ2) is 7.32. The minimum atomic E-state index is -0.496. The highest BCUT2D eigenvalue weighted by molar-refractivity contribution is 6.02. The highest BCUT2D eigenvalue weighted by atomic mass is 16.4. The van der Waals surface area contributed by atoms with Crippen LogP contribution in [0.3, 0.4) is 0 Å². The van der Waals surface area contributed by atoms with Crippen LogP contribution in [0.4, 0.5) is 11.4 Å². The van der Waals surface area contributed by atoms with Crippen LogP contribution in [0.2, 0.25) is 0 Å². The smallest absolute Gasteiger partial charge is 0.344 e. The fraction of sp³-hybridized carbons (Fsp3) is 0.211. The molecule has 0 spiro atoms. The molecular formula is C19H18N8O2. The van der Waals surface area contributed by atoms with Gasteiger partial charge in [0, 0.05) is 37.8 Å². The minimum Gasteiger partial charge on any atom is -0.397 e. The zero-order chi connectivity index (χ0) is 19.6. The molecule has 4 heterocycles. The summed E-state index contributed by atoms with van der Waals surface area (Å²) in [6, 6.07) is 9.65. The molecule has 29 heavy (non-hydrogen) atoms. The number of piperazine rings is 1. The minimum absolute atomic E-state index is 0.130. The van der Waals surface area contributed by atoms with Crippen molar-refractivity contribution in [1.29, 1.82) is 0 Å². The summed E-state index contributed by atoms with van der Waals surface area (Å²) in [4.78, 5) is 19.0. The molecule has 1 aliphatic rings. The van der Waals surface area contributed by atoms with Crippen molar-refractivity contribution in [2.75, 3.05) is 36.4 Å². The van der Waals surface area contributed by atoms with Crippen molar-refractivity contribution in [1.82, 2.24) is 30.3 Å². The Balaban J connectivity index is 1.39. The van der Waals surface area contributed by atoms with Crippen LogP contribution in [0.5, 0.6) is 0 Å². The normalized spacial score (nSPS) is 14.3. The largest absolute Gasteiger partial charge is 0.397 e. The number of fused-ring (bicyclic) bond motifs is 1. The second-order valence-electron chi connectivity index (χ2n) is 6.59. The van der Waals surface area contributed by atoms with E-state index in [0.29, 0.717) is 5.69 Å². The number of amides is 1. The lowest BCUT2D eigenvalue weighted by Crippen LogP contribution is -2.43. The van der Waals surface area contributed by atoms with Gasteiger partial charge in [-0.05, 0) is 12.1 Å². The van der Waals surface area contributed by atoms with E-state index in [1.165, 1.54) is 4.68 Å². The molecule has 1 aliphatic heterocycles. The number of anilines is 2. The number of benzene rings is 1. The lowest BCUT2D eigenvalue weighted by atomic mass is 10.2. The first-order valence-electron chi connectivity index (χ1n) is 9.27. The lowest BCUT2D eigenvalue weighted by Gasteiger charge is -2.30. The summed E-state index contributed by atoms with van der Waals surface area (Å²) < 4.78 is 7.09. The van der Waals surface area contributed by atoms with Crippen LogP contribution in [0.1, 0.15) is 10.7 Å². The SMILES string of the molecule is O=C(Nc1cnccc1N1CCNCC1)c1nnc(-n2ncc3ccccc32)o1. The van der Waals surface area contributed by atoms with Crippen LogP contribution in [0.15, 0.2) is 53.3 Å². The van der Waals surface area contributed by atoms with E-state index in [1.807, 2.05) is 30.3 Å². The zero-order valence-electron chi connectivity index (χ0n) is 15.4. The van der Waals surface area contributed by atoms with Crippen molar-refractivity contribution in [2.24, 2.45) is 0 Å². The maximum atomic E-state index is 12.7. The van der Waals surface area contributed by atoms with Crippen molar-refractivity contribution in [2.45, 2.75) is 0 Å². The van der Waals surface area contributed by atoms with Crippen molar-refractivity contribution < 1.29 is 9.21 Å². The first kappa shape index (κ1) is 17.3. The van der Waals surface area contributed by atoms with Crippen LogP contribution >= 0.6 is 0 Å². The third-order valence-corrected chi connectivity index (χ3v) is 4.77. The first-order chi connectivity index (χ1) is 14.3. The summed E-state index contributed by atoms with van der Waals surface area (Å²) in [6.07, 6.45) is 5.03. The van der Waals surface area contributed by atoms with Gasteiger partial charge in [0.15, 0.2) is 0 Å². The van der Waals surface area contributed by atoms with Crippen LogP contribution in [-0.2, 0) is 0 Å². The molecule has 10 heteroatoms. The lowest BCUT2D eigenvalue weighted by molar-refractivity contribution is 0.0989. The Morgan fingerprint density at radius 3 is 2.86 bits per heavy atom. The zero-order valence-corrected chi connectivity index (χ0v) is 15.4. The van der Waals surface area contributed by atoms with Gasteiger partial charge in [0.1, 0.15) is 0 Å². The van der Waals surface area contributed by atoms with E-state index in [9.17, 15) is 4.79 Å². The number of nitrogens with zero attached hydrogens (tertiary/aromatic N) is 6. The Hall–Kier alpha value is -3.79. The number of hydrogen-bond donors (Lipinski definition) is 2. The fourth-order valence-electron chi connectivity index (χ4n) is 3.36. The van der Waals surface area contributed by atoms with E-state index in [4.69, 9.17) is 4.42 Å². The number of hydrogen-bond acceptors (Lipinski definition) is 8. The number of carbonyl (C=O) groups excluding carboxylic acids is 1. The predicted molar refractivity (Wildman–Crippen MR) is 106 cm³/mol. The molecule has 1 fully saturated rings. The van der Waals surface area contributed by atoms with Crippen molar-refractivity contribution in [3.8, 4) is 6.01 Å². The number of aromatic nitrogens is 5. The van der Waals surface area contributed by atoms with Gasteiger partial charge < -0.3 is 20.0 Å².